The van der Waals surface area contributed by atoms with Gasteiger partial charge in [0.05, 0.1) is 23.6 Å². The topological polar surface area (TPSA) is 95.4 Å². The normalized spacial score (nSPS) is 18.2. The molecular formula is C25H25ClN6O2. The van der Waals surface area contributed by atoms with Crippen LogP contribution >= 0.6 is 11.6 Å². The summed E-state index contributed by atoms with van der Waals surface area (Å²) in [5.41, 5.74) is 3.34. The zero-order chi connectivity index (χ0) is 23.7. The fraction of sp³-hybridized carbons (Fsp3) is 0.280. The minimum absolute atomic E-state index is 0.0146. The molecule has 5 rings (SSSR count). The number of rotatable bonds is 5. The van der Waals surface area contributed by atoms with Crippen LogP contribution in [0, 0.1) is 12.8 Å². The molecule has 174 valence electrons. The predicted octanol–water partition coefficient (Wildman–Crippen LogP) is 3.70. The number of carbonyl (C=O) groups excluding carboxylic acids is 2. The largest absolute Gasteiger partial charge is 0.349 e. The van der Waals surface area contributed by atoms with Crippen molar-refractivity contribution in [1.82, 2.24) is 29.6 Å². The van der Waals surface area contributed by atoms with Crippen LogP contribution in [0.3, 0.4) is 0 Å². The van der Waals surface area contributed by atoms with Crippen LogP contribution in [-0.2, 0) is 0 Å². The van der Waals surface area contributed by atoms with Crippen LogP contribution in [-0.4, -0.2) is 55.7 Å². The Kier molecular flexibility index (Phi) is 6.06. The van der Waals surface area contributed by atoms with Crippen molar-refractivity contribution in [2.75, 3.05) is 19.6 Å². The molecule has 3 aromatic heterocycles. The molecule has 2 N–H and O–H groups in total. The van der Waals surface area contributed by atoms with Gasteiger partial charge in [0.2, 0.25) is 0 Å². The number of nitrogens with one attached hydrogen (secondary N) is 2. The lowest BCUT2D eigenvalue weighted by molar-refractivity contribution is 0.0646. The van der Waals surface area contributed by atoms with E-state index in [9.17, 15) is 9.59 Å². The molecule has 9 heteroatoms. The molecule has 0 aliphatic carbocycles. The number of pyridine rings is 1. The van der Waals surface area contributed by atoms with Crippen molar-refractivity contribution >= 4 is 28.9 Å². The Bertz CT molecular complexity index is 1350. The van der Waals surface area contributed by atoms with Gasteiger partial charge in [-0.2, -0.15) is 0 Å². The van der Waals surface area contributed by atoms with Gasteiger partial charge in [-0.15, -0.1) is 0 Å². The SMILES string of the molecule is Cc1cnc(C(=O)NCC2CN(C(=O)c3cccn4cncc34)CC[C@H]2c2cccc(Cl)c2)[nH]1. The number of imidazole rings is 2. The molecular weight excluding hydrogens is 452 g/mol. The molecule has 2 atom stereocenters. The average Bonchev–Trinajstić information content (AvgIpc) is 3.51. The van der Waals surface area contributed by atoms with Gasteiger partial charge < -0.3 is 19.6 Å². The van der Waals surface area contributed by atoms with Crippen LogP contribution in [0.25, 0.3) is 5.52 Å². The van der Waals surface area contributed by atoms with E-state index in [1.165, 1.54) is 0 Å². The zero-order valence-electron chi connectivity index (χ0n) is 18.7. The number of aryl methyl sites for hydroxylation is 1. The molecule has 1 saturated heterocycles. The molecule has 4 heterocycles. The lowest BCUT2D eigenvalue weighted by Crippen LogP contribution is -2.47. The van der Waals surface area contributed by atoms with Gasteiger partial charge in [-0.05, 0) is 49.1 Å². The molecule has 1 aliphatic heterocycles. The lowest BCUT2D eigenvalue weighted by atomic mass is 9.80. The second kappa shape index (κ2) is 9.30. The van der Waals surface area contributed by atoms with Crippen LogP contribution in [0.2, 0.25) is 5.02 Å². The van der Waals surface area contributed by atoms with Crippen molar-refractivity contribution in [3.05, 3.63) is 89.0 Å². The highest BCUT2D eigenvalue weighted by atomic mass is 35.5. The van der Waals surface area contributed by atoms with Crippen molar-refractivity contribution in [1.29, 1.82) is 0 Å². The Balaban J connectivity index is 1.38. The number of hydrogen-bond donors (Lipinski definition) is 2. The maximum atomic E-state index is 13.5. The molecule has 1 fully saturated rings. The van der Waals surface area contributed by atoms with Gasteiger partial charge >= 0.3 is 0 Å². The summed E-state index contributed by atoms with van der Waals surface area (Å²) in [5, 5.41) is 3.68. The van der Waals surface area contributed by atoms with Gasteiger partial charge in [-0.3, -0.25) is 9.59 Å². The summed E-state index contributed by atoms with van der Waals surface area (Å²) in [6.07, 6.45) is 7.66. The highest BCUT2D eigenvalue weighted by Gasteiger charge is 2.34. The molecule has 4 aromatic rings. The third-order valence-electron chi connectivity index (χ3n) is 6.42. The minimum Gasteiger partial charge on any atom is -0.349 e. The number of fused-ring (bicyclic) bond motifs is 1. The Labute approximate surface area is 202 Å². The number of benzene rings is 1. The molecule has 34 heavy (non-hydrogen) atoms. The number of nitrogens with zero attached hydrogens (tertiary/aromatic N) is 4. The first-order valence-electron chi connectivity index (χ1n) is 11.2. The van der Waals surface area contributed by atoms with Crippen LogP contribution in [0.1, 0.15) is 44.6 Å². The van der Waals surface area contributed by atoms with Crippen molar-refractivity contribution in [3.63, 3.8) is 0 Å². The first kappa shape index (κ1) is 22.2. The molecule has 0 bridgehead atoms. The molecule has 0 radical (unpaired) electrons. The summed E-state index contributed by atoms with van der Waals surface area (Å²) in [4.78, 5) is 39.2. The Hall–Kier alpha value is -3.65. The number of carbonyl (C=O) groups is 2. The molecule has 0 spiro atoms. The van der Waals surface area contributed by atoms with Crippen LogP contribution in [0.5, 0.6) is 0 Å². The number of amides is 2. The number of H-pyrrole nitrogens is 1. The van der Waals surface area contributed by atoms with Gasteiger partial charge in [-0.25, -0.2) is 9.97 Å². The fourth-order valence-corrected chi connectivity index (χ4v) is 4.93. The number of likely N-dealkylation sites (tertiary alicyclic amines) is 1. The van der Waals surface area contributed by atoms with Gasteiger partial charge in [0.25, 0.3) is 11.8 Å². The molecule has 1 unspecified atom stereocenters. The van der Waals surface area contributed by atoms with Gasteiger partial charge in [-0.1, -0.05) is 23.7 Å². The van der Waals surface area contributed by atoms with Crippen LogP contribution < -0.4 is 5.32 Å². The van der Waals surface area contributed by atoms with Crippen LogP contribution in [0.15, 0.2) is 61.3 Å². The number of hydrogen-bond acceptors (Lipinski definition) is 4. The van der Waals surface area contributed by atoms with Crippen molar-refractivity contribution < 1.29 is 9.59 Å². The lowest BCUT2D eigenvalue weighted by Gasteiger charge is -2.39. The number of aromatic amines is 1. The van der Waals surface area contributed by atoms with Crippen molar-refractivity contribution in [2.24, 2.45) is 5.92 Å². The Morgan fingerprint density at radius 3 is 2.91 bits per heavy atom. The zero-order valence-corrected chi connectivity index (χ0v) is 19.5. The maximum Gasteiger partial charge on any atom is 0.287 e. The van der Waals surface area contributed by atoms with Crippen molar-refractivity contribution in [2.45, 2.75) is 19.3 Å². The first-order chi connectivity index (χ1) is 16.5. The highest BCUT2D eigenvalue weighted by molar-refractivity contribution is 6.30. The van der Waals surface area contributed by atoms with E-state index in [1.807, 2.05) is 52.8 Å². The third-order valence-corrected chi connectivity index (χ3v) is 6.66. The van der Waals surface area contributed by atoms with E-state index in [0.717, 1.165) is 23.2 Å². The van der Waals surface area contributed by atoms with E-state index >= 15 is 0 Å². The number of halogens is 1. The monoisotopic (exact) mass is 476 g/mol. The maximum absolute atomic E-state index is 13.5. The van der Waals surface area contributed by atoms with E-state index in [-0.39, 0.29) is 29.5 Å². The number of piperidine rings is 1. The molecule has 2 amide bonds. The summed E-state index contributed by atoms with van der Waals surface area (Å²) >= 11 is 6.27. The summed E-state index contributed by atoms with van der Waals surface area (Å²) in [5.74, 6) is 0.167. The molecule has 0 saturated carbocycles. The minimum atomic E-state index is -0.259. The third kappa shape index (κ3) is 4.41. The summed E-state index contributed by atoms with van der Waals surface area (Å²) in [6, 6.07) is 11.5. The van der Waals surface area contributed by atoms with E-state index in [1.54, 1.807) is 18.7 Å². The van der Waals surface area contributed by atoms with E-state index < -0.39 is 0 Å². The average molecular weight is 477 g/mol. The second-order valence-electron chi connectivity index (χ2n) is 8.69. The van der Waals surface area contributed by atoms with E-state index in [0.29, 0.717) is 30.2 Å². The van der Waals surface area contributed by atoms with Gasteiger partial charge in [0.15, 0.2) is 5.82 Å². The van der Waals surface area contributed by atoms with Gasteiger partial charge in [0, 0.05) is 48.7 Å². The molecule has 1 aromatic carbocycles. The Morgan fingerprint density at radius 2 is 2.12 bits per heavy atom. The summed E-state index contributed by atoms with van der Waals surface area (Å²) in [6.45, 7) is 3.40. The fourth-order valence-electron chi connectivity index (χ4n) is 4.74. The second-order valence-corrected chi connectivity index (χ2v) is 9.13. The quantitative estimate of drug-likeness (QED) is 0.459. The molecule has 1 aliphatic rings. The first-order valence-corrected chi connectivity index (χ1v) is 11.6. The van der Waals surface area contributed by atoms with Crippen LogP contribution in [0.4, 0.5) is 0 Å². The van der Waals surface area contributed by atoms with E-state index in [4.69, 9.17) is 11.6 Å². The number of aromatic nitrogens is 4. The summed E-state index contributed by atoms with van der Waals surface area (Å²) in [7, 11) is 0. The standard InChI is InChI=1S/C25H25ClN6O2/c1-16-11-28-23(30-16)24(33)29-12-18-14-31(9-7-20(18)17-4-2-5-19(26)10-17)25(34)21-6-3-8-32-15-27-13-22(21)32/h2-6,8,10-11,13,15,18,20H,7,9,12,14H2,1H3,(H,28,30)(H,29,33)/t18?,20-/m0/s1. The van der Waals surface area contributed by atoms with E-state index in [2.05, 4.69) is 26.3 Å². The molecule has 8 nitrogen and oxygen atoms in total. The highest BCUT2D eigenvalue weighted by Crippen LogP contribution is 2.34. The van der Waals surface area contributed by atoms with Gasteiger partial charge in [0.1, 0.15) is 0 Å². The summed E-state index contributed by atoms with van der Waals surface area (Å²) < 4.78 is 1.84. The Morgan fingerprint density at radius 1 is 1.24 bits per heavy atom. The smallest absolute Gasteiger partial charge is 0.287 e. The predicted molar refractivity (Wildman–Crippen MR) is 129 cm³/mol. The van der Waals surface area contributed by atoms with Crippen molar-refractivity contribution in [3.8, 4) is 0 Å².